The summed E-state index contributed by atoms with van der Waals surface area (Å²) in [6.45, 7) is 4.53. The summed E-state index contributed by atoms with van der Waals surface area (Å²) in [6.07, 6.45) is 0.880. The highest BCUT2D eigenvalue weighted by Crippen LogP contribution is 2.28. The van der Waals surface area contributed by atoms with E-state index in [-0.39, 0.29) is 0 Å². The number of hydrogen-bond acceptors (Lipinski definition) is 3. The Hall–Kier alpha value is -2.13. The van der Waals surface area contributed by atoms with Gasteiger partial charge in [-0.05, 0) is 61.2 Å². The summed E-state index contributed by atoms with van der Waals surface area (Å²) in [5.74, 6) is 0. The molecule has 0 heterocycles. The Bertz CT molecular complexity index is 645. The Morgan fingerprint density at radius 3 is 2.60 bits per heavy atom. The summed E-state index contributed by atoms with van der Waals surface area (Å²) < 4.78 is 0. The molecule has 0 aromatic heterocycles. The van der Waals surface area contributed by atoms with Crippen LogP contribution < -0.4 is 11.5 Å². The van der Waals surface area contributed by atoms with Crippen molar-refractivity contribution in [3.05, 3.63) is 53.1 Å². The molecule has 2 aromatic carbocycles. The molecule has 0 fully saturated rings. The molecule has 3 nitrogen and oxygen atoms in total. The Morgan fingerprint density at radius 2 is 1.95 bits per heavy atom. The summed E-state index contributed by atoms with van der Waals surface area (Å²) in [5.41, 5.74) is 18.3. The SMILES string of the molecule is CC(=N)c1cc(-c2cccc(CCN)c2C)ccc1N. The highest BCUT2D eigenvalue weighted by atomic mass is 14.6. The van der Waals surface area contributed by atoms with Crippen LogP contribution in [0.25, 0.3) is 11.1 Å². The number of nitrogens with two attached hydrogens (primary N) is 2. The average molecular weight is 267 g/mol. The predicted octanol–water partition coefficient (Wildman–Crippen LogP) is 3.13. The first kappa shape index (κ1) is 14.3. The first-order chi connectivity index (χ1) is 9.54. The van der Waals surface area contributed by atoms with Gasteiger partial charge in [0.2, 0.25) is 0 Å². The zero-order valence-corrected chi connectivity index (χ0v) is 12.0. The topological polar surface area (TPSA) is 75.9 Å². The minimum absolute atomic E-state index is 0.486. The molecule has 0 aliphatic carbocycles. The molecule has 5 N–H and O–H groups in total. The first-order valence-electron chi connectivity index (χ1n) is 6.78. The van der Waals surface area contributed by atoms with Crippen LogP contribution in [-0.2, 0) is 6.42 Å². The van der Waals surface area contributed by atoms with Gasteiger partial charge in [0.15, 0.2) is 0 Å². The van der Waals surface area contributed by atoms with Crippen LogP contribution in [0.4, 0.5) is 5.69 Å². The maximum Gasteiger partial charge on any atom is 0.0406 e. The largest absolute Gasteiger partial charge is 0.398 e. The molecule has 0 atom stereocenters. The van der Waals surface area contributed by atoms with E-state index in [0.717, 1.165) is 17.5 Å². The third-order valence-electron chi connectivity index (χ3n) is 3.63. The second-order valence-electron chi connectivity index (χ2n) is 5.06. The van der Waals surface area contributed by atoms with Gasteiger partial charge in [-0.25, -0.2) is 0 Å². The lowest BCUT2D eigenvalue weighted by atomic mass is 9.93. The average Bonchev–Trinajstić information content (AvgIpc) is 2.42. The minimum Gasteiger partial charge on any atom is -0.398 e. The van der Waals surface area contributed by atoms with Crippen molar-refractivity contribution in [3.8, 4) is 11.1 Å². The van der Waals surface area contributed by atoms with Crippen molar-refractivity contribution in [2.45, 2.75) is 20.3 Å². The Kier molecular flexibility index (Phi) is 4.20. The van der Waals surface area contributed by atoms with Crippen molar-refractivity contribution < 1.29 is 0 Å². The van der Waals surface area contributed by atoms with Gasteiger partial charge in [-0.2, -0.15) is 0 Å². The molecule has 20 heavy (non-hydrogen) atoms. The van der Waals surface area contributed by atoms with Crippen LogP contribution in [0.3, 0.4) is 0 Å². The van der Waals surface area contributed by atoms with Gasteiger partial charge < -0.3 is 16.9 Å². The number of rotatable bonds is 4. The maximum absolute atomic E-state index is 7.80. The van der Waals surface area contributed by atoms with E-state index in [1.807, 2.05) is 18.2 Å². The molecule has 0 bridgehead atoms. The fourth-order valence-electron chi connectivity index (χ4n) is 2.47. The highest BCUT2D eigenvalue weighted by molar-refractivity contribution is 6.02. The van der Waals surface area contributed by atoms with E-state index in [1.54, 1.807) is 6.92 Å². The van der Waals surface area contributed by atoms with Gasteiger partial charge in [0.1, 0.15) is 0 Å². The monoisotopic (exact) mass is 267 g/mol. The lowest BCUT2D eigenvalue weighted by Crippen LogP contribution is -2.05. The Morgan fingerprint density at radius 1 is 1.20 bits per heavy atom. The molecular weight excluding hydrogens is 246 g/mol. The van der Waals surface area contributed by atoms with Crippen molar-refractivity contribution in [3.63, 3.8) is 0 Å². The first-order valence-corrected chi connectivity index (χ1v) is 6.78. The molecule has 0 saturated heterocycles. The van der Waals surface area contributed by atoms with E-state index in [0.29, 0.717) is 17.9 Å². The molecule has 0 unspecified atom stereocenters. The van der Waals surface area contributed by atoms with Crippen molar-refractivity contribution in [2.24, 2.45) is 5.73 Å². The summed E-state index contributed by atoms with van der Waals surface area (Å²) in [6, 6.07) is 12.1. The van der Waals surface area contributed by atoms with Gasteiger partial charge in [0.25, 0.3) is 0 Å². The van der Waals surface area contributed by atoms with Crippen LogP contribution in [0.2, 0.25) is 0 Å². The van der Waals surface area contributed by atoms with Gasteiger partial charge >= 0.3 is 0 Å². The van der Waals surface area contributed by atoms with Gasteiger partial charge in [-0.15, -0.1) is 0 Å². The molecule has 3 heteroatoms. The lowest BCUT2D eigenvalue weighted by Gasteiger charge is -2.13. The van der Waals surface area contributed by atoms with E-state index in [2.05, 4.69) is 25.1 Å². The van der Waals surface area contributed by atoms with Crippen LogP contribution in [-0.4, -0.2) is 12.3 Å². The quantitative estimate of drug-likeness (QED) is 0.588. The fraction of sp³-hybridized carbons (Fsp3) is 0.235. The third-order valence-corrected chi connectivity index (χ3v) is 3.63. The van der Waals surface area contributed by atoms with Crippen LogP contribution in [0.15, 0.2) is 36.4 Å². The molecule has 0 aliphatic heterocycles. The molecule has 2 rings (SSSR count). The number of nitrogens with one attached hydrogen (secondary N) is 1. The fourth-order valence-corrected chi connectivity index (χ4v) is 2.47. The molecule has 0 radical (unpaired) electrons. The molecule has 0 saturated carbocycles. The van der Waals surface area contributed by atoms with Gasteiger partial charge in [0.05, 0.1) is 0 Å². The molecule has 104 valence electrons. The maximum atomic E-state index is 7.80. The van der Waals surface area contributed by atoms with E-state index in [4.69, 9.17) is 16.9 Å². The van der Waals surface area contributed by atoms with Crippen LogP contribution >= 0.6 is 0 Å². The van der Waals surface area contributed by atoms with Crippen molar-refractivity contribution in [1.29, 1.82) is 5.41 Å². The number of nitrogen functional groups attached to an aromatic ring is 1. The summed E-state index contributed by atoms with van der Waals surface area (Å²) in [5, 5.41) is 7.80. The van der Waals surface area contributed by atoms with Crippen molar-refractivity contribution in [2.75, 3.05) is 12.3 Å². The standard InChI is InChI=1S/C17H21N3/c1-11-13(8-9-18)4-3-5-15(11)14-6-7-17(20)16(10-14)12(2)19/h3-7,10,19H,8-9,18,20H2,1-2H3. The smallest absolute Gasteiger partial charge is 0.0406 e. The number of anilines is 1. The molecular formula is C17H21N3. The Balaban J connectivity index is 2.54. The van der Waals surface area contributed by atoms with Crippen LogP contribution in [0, 0.1) is 12.3 Å². The second-order valence-corrected chi connectivity index (χ2v) is 5.06. The van der Waals surface area contributed by atoms with Gasteiger partial charge in [0, 0.05) is 17.0 Å². The number of hydrogen-bond donors (Lipinski definition) is 3. The van der Waals surface area contributed by atoms with E-state index in [9.17, 15) is 0 Å². The summed E-state index contributed by atoms with van der Waals surface area (Å²) in [4.78, 5) is 0. The lowest BCUT2D eigenvalue weighted by molar-refractivity contribution is 0.959. The summed E-state index contributed by atoms with van der Waals surface area (Å²) in [7, 11) is 0. The van der Waals surface area contributed by atoms with E-state index >= 15 is 0 Å². The van der Waals surface area contributed by atoms with Crippen LogP contribution in [0.1, 0.15) is 23.6 Å². The zero-order valence-electron chi connectivity index (χ0n) is 12.0. The van der Waals surface area contributed by atoms with Crippen molar-refractivity contribution >= 4 is 11.4 Å². The molecule has 0 spiro atoms. The highest BCUT2D eigenvalue weighted by Gasteiger charge is 2.09. The van der Waals surface area contributed by atoms with Gasteiger partial charge in [-0.3, -0.25) is 0 Å². The van der Waals surface area contributed by atoms with Crippen molar-refractivity contribution in [1.82, 2.24) is 0 Å². The normalized spacial score (nSPS) is 10.6. The molecule has 0 aliphatic rings. The van der Waals surface area contributed by atoms with Crippen LogP contribution in [0.5, 0.6) is 0 Å². The third kappa shape index (κ3) is 2.73. The zero-order chi connectivity index (χ0) is 14.7. The number of benzene rings is 2. The van der Waals surface area contributed by atoms with E-state index < -0.39 is 0 Å². The Labute approximate surface area is 120 Å². The van der Waals surface area contributed by atoms with E-state index in [1.165, 1.54) is 16.7 Å². The second kappa shape index (κ2) is 5.88. The predicted molar refractivity (Wildman–Crippen MR) is 86.3 cm³/mol. The molecule has 0 amide bonds. The summed E-state index contributed by atoms with van der Waals surface area (Å²) >= 11 is 0. The molecule has 2 aromatic rings. The van der Waals surface area contributed by atoms with Gasteiger partial charge in [-0.1, -0.05) is 24.3 Å². The minimum atomic E-state index is 0.486.